The van der Waals surface area contributed by atoms with Crippen LogP contribution in [-0.2, 0) is 27.2 Å². The van der Waals surface area contributed by atoms with Gasteiger partial charge in [-0.25, -0.2) is 0 Å². The number of aryl methyl sites for hydroxylation is 1. The average Bonchev–Trinajstić information content (AvgIpc) is 2.75. The lowest BCUT2D eigenvalue weighted by Crippen LogP contribution is -2.58. The zero-order valence-electron chi connectivity index (χ0n) is 18.7. The number of amides is 1. The Balaban J connectivity index is 1.84. The number of carbonyl (C=O) groups is 3. The number of aliphatic hydroxyl groups excluding tert-OH is 2. The predicted molar refractivity (Wildman–Crippen MR) is 119 cm³/mol. The van der Waals surface area contributed by atoms with E-state index in [0.717, 1.165) is 30.4 Å². The van der Waals surface area contributed by atoms with Gasteiger partial charge in [-0.15, -0.1) is 0 Å². The largest absolute Gasteiger partial charge is 0.508 e. The molecule has 1 amide bonds. The molecule has 1 unspecified atom stereocenters. The monoisotopic (exact) mass is 455 g/mol. The summed E-state index contributed by atoms with van der Waals surface area (Å²) in [6.45, 7) is 4.27. The molecule has 3 aliphatic rings. The normalized spacial score (nSPS) is 27.7. The molecular formula is C25H29NO7. The number of hydrogen-bond acceptors (Lipinski definition) is 7. The molecule has 33 heavy (non-hydrogen) atoms. The number of ketones is 2. The fourth-order valence-electron chi connectivity index (χ4n) is 5.53. The number of aliphatic hydroxyl groups is 3. The zero-order valence-corrected chi connectivity index (χ0v) is 18.7. The third kappa shape index (κ3) is 3.35. The number of phenols is 1. The van der Waals surface area contributed by atoms with E-state index >= 15 is 0 Å². The number of carbonyl (C=O) groups excluding carboxylic acids is 3. The van der Waals surface area contributed by atoms with Crippen LogP contribution in [-0.4, -0.2) is 43.5 Å². The number of nitrogens with two attached hydrogens (primary N) is 1. The highest BCUT2D eigenvalue weighted by Gasteiger charge is 2.60. The van der Waals surface area contributed by atoms with Gasteiger partial charge in [0.05, 0.1) is 5.56 Å². The van der Waals surface area contributed by atoms with E-state index in [1.807, 2.05) is 6.07 Å². The first kappa shape index (κ1) is 23.0. The van der Waals surface area contributed by atoms with Gasteiger partial charge >= 0.3 is 0 Å². The van der Waals surface area contributed by atoms with Crippen molar-refractivity contribution >= 4 is 23.2 Å². The Kier molecular flexibility index (Phi) is 5.60. The SMILES string of the molecule is CCC(C)CCc1ccc(O)c2c1C[C@H]1C[C@H]3CC(=O)C(C(N)=O)=C(O)[C@@]3(O)C(=O)C1=C2O. The fraction of sp³-hybridized carbons (Fsp3) is 0.480. The van der Waals surface area contributed by atoms with Crippen molar-refractivity contribution in [3.8, 4) is 5.75 Å². The van der Waals surface area contributed by atoms with Gasteiger partial charge in [-0.2, -0.15) is 0 Å². The molecule has 8 heteroatoms. The summed E-state index contributed by atoms with van der Waals surface area (Å²) in [6, 6.07) is 3.31. The maximum Gasteiger partial charge on any atom is 0.255 e. The number of phenolic OH excluding ortho intramolecular Hbond substituents is 1. The molecule has 0 heterocycles. The minimum atomic E-state index is -2.53. The second-order valence-electron chi connectivity index (χ2n) is 9.56. The molecule has 8 nitrogen and oxygen atoms in total. The van der Waals surface area contributed by atoms with E-state index in [-0.39, 0.29) is 29.7 Å². The summed E-state index contributed by atoms with van der Waals surface area (Å²) in [7, 11) is 0. The molecule has 0 bridgehead atoms. The van der Waals surface area contributed by atoms with Gasteiger partial charge in [0.25, 0.3) is 5.91 Å². The van der Waals surface area contributed by atoms with Gasteiger partial charge in [-0.3, -0.25) is 14.4 Å². The first-order valence-corrected chi connectivity index (χ1v) is 11.3. The van der Waals surface area contributed by atoms with Crippen molar-refractivity contribution in [3.63, 3.8) is 0 Å². The second-order valence-corrected chi connectivity index (χ2v) is 9.56. The molecular weight excluding hydrogens is 426 g/mol. The van der Waals surface area contributed by atoms with E-state index < -0.39 is 52.0 Å². The van der Waals surface area contributed by atoms with E-state index in [1.54, 1.807) is 0 Å². The number of primary amides is 1. The summed E-state index contributed by atoms with van der Waals surface area (Å²) in [5, 5.41) is 43.4. The number of hydrogen-bond donors (Lipinski definition) is 5. The number of Topliss-reactive ketones (excluding diaryl/α,β-unsaturated/α-hetero) is 2. The Labute approximate surface area is 191 Å². The molecule has 0 spiro atoms. The van der Waals surface area contributed by atoms with Crippen LogP contribution < -0.4 is 5.73 Å². The van der Waals surface area contributed by atoms with Crippen LogP contribution in [0.15, 0.2) is 29.0 Å². The number of benzene rings is 1. The van der Waals surface area contributed by atoms with E-state index in [4.69, 9.17) is 5.73 Å². The summed E-state index contributed by atoms with van der Waals surface area (Å²) >= 11 is 0. The van der Waals surface area contributed by atoms with Crippen molar-refractivity contribution in [1.82, 2.24) is 0 Å². The number of fused-ring (bicyclic) bond motifs is 3. The molecule has 1 aromatic rings. The highest BCUT2D eigenvalue weighted by atomic mass is 16.3. The van der Waals surface area contributed by atoms with Gasteiger partial charge in [0, 0.05) is 17.9 Å². The van der Waals surface area contributed by atoms with Crippen LogP contribution in [0.1, 0.15) is 56.2 Å². The van der Waals surface area contributed by atoms with E-state index in [1.165, 1.54) is 6.07 Å². The first-order valence-electron chi connectivity index (χ1n) is 11.3. The van der Waals surface area contributed by atoms with E-state index in [2.05, 4.69) is 13.8 Å². The zero-order chi connectivity index (χ0) is 24.2. The van der Waals surface area contributed by atoms with Gasteiger partial charge in [0.2, 0.25) is 5.78 Å². The molecule has 1 fully saturated rings. The number of rotatable bonds is 5. The quantitative estimate of drug-likeness (QED) is 0.426. The topological polar surface area (TPSA) is 158 Å². The minimum Gasteiger partial charge on any atom is -0.508 e. The highest BCUT2D eigenvalue weighted by molar-refractivity contribution is 6.22. The average molecular weight is 456 g/mol. The Bertz CT molecular complexity index is 1130. The molecule has 0 aliphatic heterocycles. The van der Waals surface area contributed by atoms with Crippen LogP contribution in [0, 0.1) is 17.8 Å². The van der Waals surface area contributed by atoms with E-state index in [0.29, 0.717) is 12.3 Å². The van der Waals surface area contributed by atoms with Gasteiger partial charge in [0.1, 0.15) is 22.8 Å². The Morgan fingerprint density at radius 2 is 1.91 bits per heavy atom. The summed E-state index contributed by atoms with van der Waals surface area (Å²) in [4.78, 5) is 37.6. The summed E-state index contributed by atoms with van der Waals surface area (Å²) in [5.74, 6) is -5.55. The molecule has 4 rings (SSSR count). The highest BCUT2D eigenvalue weighted by Crippen LogP contribution is 2.52. The second kappa shape index (κ2) is 8.02. The van der Waals surface area contributed by atoms with Crippen molar-refractivity contribution in [2.75, 3.05) is 0 Å². The van der Waals surface area contributed by atoms with Crippen LogP contribution in [0.25, 0.3) is 5.76 Å². The third-order valence-corrected chi connectivity index (χ3v) is 7.65. The van der Waals surface area contributed by atoms with Crippen molar-refractivity contribution in [3.05, 3.63) is 45.7 Å². The minimum absolute atomic E-state index is 0.111. The molecule has 6 N–H and O–H groups in total. The molecule has 3 aliphatic carbocycles. The Morgan fingerprint density at radius 3 is 2.55 bits per heavy atom. The lowest BCUT2D eigenvalue weighted by atomic mass is 9.59. The molecule has 0 radical (unpaired) electrons. The predicted octanol–water partition coefficient (Wildman–Crippen LogP) is 2.40. The first-order chi connectivity index (χ1) is 15.5. The summed E-state index contributed by atoms with van der Waals surface area (Å²) < 4.78 is 0. The maximum atomic E-state index is 13.5. The third-order valence-electron chi connectivity index (χ3n) is 7.65. The smallest absolute Gasteiger partial charge is 0.255 e. The van der Waals surface area contributed by atoms with Crippen LogP contribution in [0.3, 0.4) is 0 Å². The Hall–Kier alpha value is -3.13. The van der Waals surface area contributed by atoms with Crippen molar-refractivity contribution in [2.24, 2.45) is 23.5 Å². The maximum absolute atomic E-state index is 13.5. The van der Waals surface area contributed by atoms with E-state index in [9.17, 15) is 34.8 Å². The van der Waals surface area contributed by atoms with Crippen LogP contribution >= 0.6 is 0 Å². The molecule has 0 aromatic heterocycles. The van der Waals surface area contributed by atoms with Crippen LogP contribution in [0.2, 0.25) is 0 Å². The fourth-order valence-corrected chi connectivity index (χ4v) is 5.53. The lowest BCUT2D eigenvalue weighted by molar-refractivity contribution is -0.147. The molecule has 1 saturated carbocycles. The van der Waals surface area contributed by atoms with Crippen molar-refractivity contribution < 1.29 is 34.8 Å². The van der Waals surface area contributed by atoms with Crippen LogP contribution in [0.5, 0.6) is 5.75 Å². The molecule has 176 valence electrons. The van der Waals surface area contributed by atoms with Gasteiger partial charge < -0.3 is 26.2 Å². The number of aromatic hydroxyl groups is 1. The summed E-state index contributed by atoms with van der Waals surface area (Å²) in [5.41, 5.74) is 3.66. The Morgan fingerprint density at radius 1 is 1.21 bits per heavy atom. The van der Waals surface area contributed by atoms with Crippen LogP contribution in [0.4, 0.5) is 0 Å². The van der Waals surface area contributed by atoms with Gasteiger partial charge in [-0.1, -0.05) is 26.3 Å². The molecule has 0 saturated heterocycles. The van der Waals surface area contributed by atoms with Gasteiger partial charge in [-0.05, 0) is 54.7 Å². The summed E-state index contributed by atoms with van der Waals surface area (Å²) in [6.07, 6.45) is 2.88. The standard InChI is InChI=1S/C25H29NO7/c1-3-11(2)4-5-12-6-7-16(27)19-15(12)9-13-8-14-10-17(28)20(24(26)32)23(31)25(14,33)22(30)18(13)21(19)29/h6-7,11,13-14,27,29,31,33H,3-5,8-10H2,1-2H3,(H2,26,32)/t11?,13-,14+,25+/m1/s1. The van der Waals surface area contributed by atoms with Gasteiger partial charge in [0.15, 0.2) is 11.4 Å². The lowest BCUT2D eigenvalue weighted by Gasteiger charge is -2.46. The van der Waals surface area contributed by atoms with Crippen molar-refractivity contribution in [1.29, 1.82) is 0 Å². The molecule has 1 aromatic carbocycles. The van der Waals surface area contributed by atoms with Crippen molar-refractivity contribution in [2.45, 2.75) is 58.0 Å². The molecule has 4 atom stereocenters.